The average molecular weight is 240 g/mol. The summed E-state index contributed by atoms with van der Waals surface area (Å²) in [7, 11) is 2.06. The van der Waals surface area contributed by atoms with E-state index < -0.39 is 5.60 Å². The number of piperidine rings is 3. The van der Waals surface area contributed by atoms with Crippen molar-refractivity contribution >= 4 is 0 Å². The van der Waals surface area contributed by atoms with Gasteiger partial charge in [0.05, 0.1) is 12.2 Å². The van der Waals surface area contributed by atoms with E-state index in [9.17, 15) is 10.2 Å². The van der Waals surface area contributed by atoms with Gasteiger partial charge in [0.15, 0.2) is 0 Å². The van der Waals surface area contributed by atoms with Crippen molar-refractivity contribution in [3.8, 4) is 0 Å². The highest BCUT2D eigenvalue weighted by Gasteiger charge is 2.59. The van der Waals surface area contributed by atoms with E-state index in [1.165, 1.54) is 0 Å². The molecule has 17 heavy (non-hydrogen) atoms. The fourth-order valence-corrected chi connectivity index (χ4v) is 4.41. The first-order chi connectivity index (χ1) is 8.10. The quantitative estimate of drug-likeness (QED) is 0.699. The normalized spacial score (nSPS) is 51.0. The molecule has 4 heteroatoms. The molecule has 0 aromatic rings. The number of hydrogen-bond acceptors (Lipinski definition) is 4. The molecule has 4 fully saturated rings. The molecule has 0 spiro atoms. The predicted molar refractivity (Wildman–Crippen MR) is 65.7 cm³/mol. The predicted octanol–water partition coefficient (Wildman–Crippen LogP) is -0.243. The first kappa shape index (κ1) is 11.9. The number of aliphatic hydroxyl groups excluding tert-OH is 1. The molecule has 2 atom stereocenters. The average Bonchev–Trinajstić information content (AvgIpc) is 2.72. The van der Waals surface area contributed by atoms with Crippen molar-refractivity contribution in [3.63, 3.8) is 0 Å². The van der Waals surface area contributed by atoms with E-state index in [1.54, 1.807) is 0 Å². The van der Waals surface area contributed by atoms with Crippen LogP contribution in [0.25, 0.3) is 0 Å². The van der Waals surface area contributed by atoms with Gasteiger partial charge in [0, 0.05) is 25.0 Å². The molecule has 4 aliphatic heterocycles. The number of rotatable bonds is 2. The molecular formula is C13H24N2O2. The van der Waals surface area contributed by atoms with E-state index in [4.69, 9.17) is 0 Å². The summed E-state index contributed by atoms with van der Waals surface area (Å²) in [5.74, 6) is 0.508. The van der Waals surface area contributed by atoms with Crippen LogP contribution in [0.15, 0.2) is 0 Å². The first-order valence-corrected chi connectivity index (χ1v) is 6.84. The SMILES string of the molecule is CN1CCC(O)(C2(CO)CN3CCC2CC3)C1. The highest BCUT2D eigenvalue weighted by molar-refractivity contribution is 5.11. The Morgan fingerprint density at radius 3 is 2.29 bits per heavy atom. The summed E-state index contributed by atoms with van der Waals surface area (Å²) >= 11 is 0. The van der Waals surface area contributed by atoms with Gasteiger partial charge in [-0.3, -0.25) is 0 Å². The van der Waals surface area contributed by atoms with Gasteiger partial charge in [0.1, 0.15) is 0 Å². The van der Waals surface area contributed by atoms with Crippen molar-refractivity contribution < 1.29 is 10.2 Å². The van der Waals surface area contributed by atoms with E-state index in [0.717, 1.165) is 52.0 Å². The standard InChI is InChI=1S/C13H24N2O2/c1-14-7-4-13(17,9-14)12(10-16)8-15-5-2-11(12)3-6-15/h11,16-17H,2-10H2,1H3. The van der Waals surface area contributed by atoms with Gasteiger partial charge in [-0.1, -0.05) is 0 Å². The summed E-state index contributed by atoms with van der Waals surface area (Å²) in [4.78, 5) is 4.61. The van der Waals surface area contributed by atoms with E-state index in [0.29, 0.717) is 5.92 Å². The van der Waals surface area contributed by atoms with Crippen LogP contribution in [0, 0.1) is 11.3 Å². The third-order valence-corrected chi connectivity index (χ3v) is 5.52. The van der Waals surface area contributed by atoms with E-state index in [-0.39, 0.29) is 12.0 Å². The highest BCUT2D eigenvalue weighted by atomic mass is 16.3. The van der Waals surface area contributed by atoms with Crippen LogP contribution in [0.5, 0.6) is 0 Å². The fourth-order valence-electron chi connectivity index (χ4n) is 4.41. The van der Waals surface area contributed by atoms with Crippen molar-refractivity contribution in [1.82, 2.24) is 9.80 Å². The molecule has 4 aliphatic rings. The lowest BCUT2D eigenvalue weighted by molar-refractivity contribution is -0.182. The molecule has 0 amide bonds. The zero-order chi connectivity index (χ0) is 12.1. The van der Waals surface area contributed by atoms with Crippen LogP contribution in [0.4, 0.5) is 0 Å². The maximum absolute atomic E-state index is 11.0. The third kappa shape index (κ3) is 1.58. The van der Waals surface area contributed by atoms with Crippen LogP contribution in [0.3, 0.4) is 0 Å². The fraction of sp³-hybridized carbons (Fsp3) is 1.00. The third-order valence-electron chi connectivity index (χ3n) is 5.52. The Kier molecular flexibility index (Phi) is 2.74. The summed E-state index contributed by atoms with van der Waals surface area (Å²) in [6, 6.07) is 0. The Bertz CT molecular complexity index is 304. The molecule has 0 radical (unpaired) electrons. The first-order valence-electron chi connectivity index (χ1n) is 6.84. The van der Waals surface area contributed by atoms with Crippen LogP contribution in [0.1, 0.15) is 19.3 Å². The monoisotopic (exact) mass is 240 g/mol. The maximum atomic E-state index is 11.0. The maximum Gasteiger partial charge on any atom is 0.0878 e. The Balaban J connectivity index is 1.91. The number of likely N-dealkylation sites (tertiary alicyclic amines) is 1. The molecule has 4 nitrogen and oxygen atoms in total. The number of nitrogens with zero attached hydrogens (tertiary/aromatic N) is 2. The molecular weight excluding hydrogens is 216 g/mol. The summed E-state index contributed by atoms with van der Waals surface area (Å²) in [6.07, 6.45) is 3.10. The molecule has 4 saturated heterocycles. The van der Waals surface area contributed by atoms with Gasteiger partial charge in [-0.2, -0.15) is 0 Å². The number of likely N-dealkylation sites (N-methyl/N-ethyl adjacent to an activating group) is 1. The topological polar surface area (TPSA) is 46.9 Å². The lowest BCUT2D eigenvalue weighted by Crippen LogP contribution is -2.67. The smallest absolute Gasteiger partial charge is 0.0878 e. The van der Waals surface area contributed by atoms with E-state index in [1.807, 2.05) is 0 Å². The van der Waals surface area contributed by atoms with Gasteiger partial charge >= 0.3 is 0 Å². The van der Waals surface area contributed by atoms with Gasteiger partial charge in [0.25, 0.3) is 0 Å². The molecule has 0 aromatic carbocycles. The number of β-amino-alcohol motifs (C(OH)–C–C–N with tert-alkyl or cyclic N) is 1. The number of hydrogen-bond donors (Lipinski definition) is 2. The summed E-state index contributed by atoms with van der Waals surface area (Å²) in [5, 5.41) is 21.0. The summed E-state index contributed by atoms with van der Waals surface area (Å²) < 4.78 is 0. The summed E-state index contributed by atoms with van der Waals surface area (Å²) in [6.45, 7) is 5.00. The van der Waals surface area contributed by atoms with Crippen LogP contribution in [-0.2, 0) is 0 Å². The minimum atomic E-state index is -0.680. The molecule has 2 unspecified atom stereocenters. The van der Waals surface area contributed by atoms with E-state index >= 15 is 0 Å². The van der Waals surface area contributed by atoms with Crippen molar-refractivity contribution in [2.75, 3.05) is 46.4 Å². The second-order valence-corrected chi connectivity index (χ2v) is 6.38. The molecule has 2 N–H and O–H groups in total. The van der Waals surface area contributed by atoms with Crippen LogP contribution < -0.4 is 0 Å². The Labute approximate surface area is 103 Å². The second-order valence-electron chi connectivity index (χ2n) is 6.38. The molecule has 0 aliphatic carbocycles. The molecule has 4 rings (SSSR count). The van der Waals surface area contributed by atoms with Gasteiger partial charge in [-0.25, -0.2) is 0 Å². The lowest BCUT2D eigenvalue weighted by atomic mass is 9.58. The summed E-state index contributed by atoms with van der Waals surface area (Å²) in [5.41, 5.74) is -0.950. The van der Waals surface area contributed by atoms with Gasteiger partial charge in [-0.15, -0.1) is 0 Å². The minimum absolute atomic E-state index is 0.137. The molecule has 2 bridgehead atoms. The zero-order valence-corrected chi connectivity index (χ0v) is 10.7. The molecule has 0 aromatic heterocycles. The zero-order valence-electron chi connectivity index (χ0n) is 10.7. The Hall–Kier alpha value is -0.160. The largest absolute Gasteiger partial charge is 0.396 e. The van der Waals surface area contributed by atoms with Crippen LogP contribution in [-0.4, -0.2) is 72.0 Å². The van der Waals surface area contributed by atoms with Crippen LogP contribution in [0.2, 0.25) is 0 Å². The van der Waals surface area contributed by atoms with Crippen molar-refractivity contribution in [3.05, 3.63) is 0 Å². The molecule has 0 saturated carbocycles. The Morgan fingerprint density at radius 1 is 1.18 bits per heavy atom. The van der Waals surface area contributed by atoms with Crippen LogP contribution >= 0.6 is 0 Å². The van der Waals surface area contributed by atoms with E-state index in [2.05, 4.69) is 16.8 Å². The van der Waals surface area contributed by atoms with Gasteiger partial charge < -0.3 is 20.0 Å². The van der Waals surface area contributed by atoms with Crippen molar-refractivity contribution in [2.24, 2.45) is 11.3 Å². The molecule has 4 heterocycles. The highest BCUT2D eigenvalue weighted by Crippen LogP contribution is 2.51. The number of fused-ring (bicyclic) bond motifs is 3. The minimum Gasteiger partial charge on any atom is -0.396 e. The lowest BCUT2D eigenvalue weighted by Gasteiger charge is -2.58. The van der Waals surface area contributed by atoms with Crippen molar-refractivity contribution in [2.45, 2.75) is 24.9 Å². The van der Waals surface area contributed by atoms with Gasteiger partial charge in [-0.05, 0) is 45.3 Å². The Morgan fingerprint density at radius 2 is 1.88 bits per heavy atom. The molecule has 98 valence electrons. The van der Waals surface area contributed by atoms with Crippen molar-refractivity contribution in [1.29, 1.82) is 0 Å². The number of aliphatic hydroxyl groups is 2. The second kappa shape index (κ2) is 3.92. The van der Waals surface area contributed by atoms with Gasteiger partial charge in [0.2, 0.25) is 0 Å².